The smallest absolute Gasteiger partial charge is 0.246 e. The lowest BCUT2D eigenvalue weighted by molar-refractivity contribution is -0.139. The summed E-state index contributed by atoms with van der Waals surface area (Å²) in [6.45, 7) is 1.98. The standard InChI is InChI=1S/C20H29N3O2/c1-21-18(24)17(16-10-4-2-5-11-16)22-19(25)20(12-6-3-7-13-20)23-14-8-9-15-23/h2,4-5,10-11,17H,3,6-9,12-15H2,1H3,(H,21,24)(H,22,25)/t17-/m1/s1. The van der Waals surface area contributed by atoms with Crippen LogP contribution >= 0.6 is 0 Å². The van der Waals surface area contributed by atoms with Crippen LogP contribution in [0.4, 0.5) is 0 Å². The van der Waals surface area contributed by atoms with Gasteiger partial charge < -0.3 is 10.6 Å². The van der Waals surface area contributed by atoms with Crippen LogP contribution in [0.5, 0.6) is 0 Å². The van der Waals surface area contributed by atoms with Gasteiger partial charge in [0.05, 0.1) is 0 Å². The fraction of sp³-hybridized carbons (Fsp3) is 0.600. The average Bonchev–Trinajstić information content (AvgIpc) is 3.22. The van der Waals surface area contributed by atoms with Gasteiger partial charge in [0.15, 0.2) is 0 Å². The van der Waals surface area contributed by atoms with Gasteiger partial charge >= 0.3 is 0 Å². The van der Waals surface area contributed by atoms with E-state index >= 15 is 0 Å². The molecule has 1 saturated carbocycles. The van der Waals surface area contributed by atoms with Gasteiger partial charge in [0.1, 0.15) is 11.6 Å². The molecule has 2 fully saturated rings. The number of likely N-dealkylation sites (tertiary alicyclic amines) is 1. The number of amides is 2. The molecule has 1 aromatic rings. The first kappa shape index (κ1) is 17.9. The van der Waals surface area contributed by atoms with Crippen molar-refractivity contribution in [3.63, 3.8) is 0 Å². The van der Waals surface area contributed by atoms with Crippen molar-refractivity contribution in [1.82, 2.24) is 15.5 Å². The van der Waals surface area contributed by atoms with Gasteiger partial charge in [0.2, 0.25) is 11.8 Å². The minimum Gasteiger partial charge on any atom is -0.357 e. The highest BCUT2D eigenvalue weighted by atomic mass is 16.2. The molecule has 25 heavy (non-hydrogen) atoms. The van der Waals surface area contributed by atoms with Crippen LogP contribution in [0.2, 0.25) is 0 Å². The highest BCUT2D eigenvalue weighted by Gasteiger charge is 2.46. The van der Waals surface area contributed by atoms with Crippen LogP contribution in [0.15, 0.2) is 30.3 Å². The predicted molar refractivity (Wildman–Crippen MR) is 98.0 cm³/mol. The van der Waals surface area contributed by atoms with E-state index in [9.17, 15) is 9.59 Å². The van der Waals surface area contributed by atoms with Crippen LogP contribution < -0.4 is 10.6 Å². The topological polar surface area (TPSA) is 61.4 Å². The van der Waals surface area contributed by atoms with E-state index in [4.69, 9.17) is 0 Å². The van der Waals surface area contributed by atoms with Gasteiger partial charge in [0, 0.05) is 7.05 Å². The molecule has 136 valence electrons. The van der Waals surface area contributed by atoms with E-state index in [0.29, 0.717) is 0 Å². The molecule has 0 unspecified atom stereocenters. The number of carbonyl (C=O) groups is 2. The molecule has 2 aliphatic rings. The molecule has 2 amide bonds. The lowest BCUT2D eigenvalue weighted by atomic mass is 9.79. The Kier molecular flexibility index (Phi) is 5.74. The molecule has 3 rings (SSSR count). The Morgan fingerprint density at radius 2 is 1.64 bits per heavy atom. The van der Waals surface area contributed by atoms with Gasteiger partial charge in [-0.3, -0.25) is 14.5 Å². The number of rotatable bonds is 5. The van der Waals surface area contributed by atoms with Gasteiger partial charge in [-0.2, -0.15) is 0 Å². The monoisotopic (exact) mass is 343 g/mol. The fourth-order valence-corrected chi connectivity index (χ4v) is 4.32. The molecule has 5 heteroatoms. The van der Waals surface area contributed by atoms with Crippen LogP contribution in [0, 0.1) is 0 Å². The first-order valence-corrected chi connectivity index (χ1v) is 9.50. The van der Waals surface area contributed by atoms with E-state index in [-0.39, 0.29) is 11.8 Å². The van der Waals surface area contributed by atoms with Gasteiger partial charge in [-0.25, -0.2) is 0 Å². The fourth-order valence-electron chi connectivity index (χ4n) is 4.32. The number of likely N-dealkylation sites (N-methyl/N-ethyl adjacent to an activating group) is 1. The maximum atomic E-state index is 13.4. The van der Waals surface area contributed by atoms with E-state index in [1.165, 1.54) is 6.42 Å². The van der Waals surface area contributed by atoms with Crippen LogP contribution in [0.25, 0.3) is 0 Å². The predicted octanol–water partition coefficient (Wildman–Crippen LogP) is 2.39. The molecule has 0 radical (unpaired) electrons. The van der Waals surface area contributed by atoms with Crippen molar-refractivity contribution in [2.24, 2.45) is 0 Å². The van der Waals surface area contributed by atoms with Crippen molar-refractivity contribution in [3.8, 4) is 0 Å². The van der Waals surface area contributed by atoms with Crippen molar-refractivity contribution in [1.29, 1.82) is 0 Å². The summed E-state index contributed by atoms with van der Waals surface area (Å²) >= 11 is 0. The number of hydrogen-bond acceptors (Lipinski definition) is 3. The van der Waals surface area contributed by atoms with Crippen molar-refractivity contribution in [3.05, 3.63) is 35.9 Å². The Balaban J connectivity index is 1.84. The van der Waals surface area contributed by atoms with Crippen molar-refractivity contribution < 1.29 is 9.59 Å². The van der Waals surface area contributed by atoms with Crippen LogP contribution in [-0.4, -0.2) is 42.4 Å². The molecule has 0 bridgehead atoms. The average molecular weight is 343 g/mol. The van der Waals surface area contributed by atoms with E-state index in [1.54, 1.807) is 7.05 Å². The largest absolute Gasteiger partial charge is 0.357 e. The summed E-state index contributed by atoms with van der Waals surface area (Å²) in [7, 11) is 1.61. The second kappa shape index (κ2) is 8.00. The number of carbonyl (C=O) groups excluding carboxylic acids is 2. The molecule has 1 aliphatic heterocycles. The van der Waals surface area contributed by atoms with Gasteiger partial charge in [-0.1, -0.05) is 49.6 Å². The Morgan fingerprint density at radius 1 is 1.00 bits per heavy atom. The summed E-state index contributed by atoms with van der Waals surface area (Å²) in [5, 5.41) is 5.77. The van der Waals surface area contributed by atoms with E-state index < -0.39 is 11.6 Å². The summed E-state index contributed by atoms with van der Waals surface area (Å²) in [6.07, 6.45) is 7.47. The summed E-state index contributed by atoms with van der Waals surface area (Å²) in [5.41, 5.74) is 0.387. The molecule has 0 aromatic heterocycles. The zero-order valence-electron chi connectivity index (χ0n) is 15.1. The Labute approximate surface area is 150 Å². The van der Waals surface area contributed by atoms with E-state index in [0.717, 1.165) is 57.2 Å². The maximum Gasteiger partial charge on any atom is 0.246 e. The molecule has 1 aromatic carbocycles. The van der Waals surface area contributed by atoms with Crippen molar-refractivity contribution in [2.45, 2.75) is 56.5 Å². The molecule has 1 saturated heterocycles. The number of nitrogens with one attached hydrogen (secondary N) is 2. The normalized spacial score (nSPS) is 21.5. The summed E-state index contributed by atoms with van der Waals surface area (Å²) < 4.78 is 0. The summed E-state index contributed by atoms with van der Waals surface area (Å²) in [5.74, 6) is -0.154. The van der Waals surface area contributed by atoms with Crippen molar-refractivity contribution >= 4 is 11.8 Å². The quantitative estimate of drug-likeness (QED) is 0.863. The SMILES string of the molecule is CNC(=O)[C@H](NC(=O)C1(N2CCCC2)CCCCC1)c1ccccc1. The third kappa shape index (κ3) is 3.71. The molecular weight excluding hydrogens is 314 g/mol. The second-order valence-corrected chi connectivity index (χ2v) is 7.22. The molecule has 2 N–H and O–H groups in total. The molecular formula is C20H29N3O2. The number of nitrogens with zero attached hydrogens (tertiary/aromatic N) is 1. The minimum absolute atomic E-state index is 0.0200. The molecule has 1 heterocycles. The van der Waals surface area contributed by atoms with Crippen molar-refractivity contribution in [2.75, 3.05) is 20.1 Å². The zero-order chi connectivity index (χ0) is 17.7. The number of hydrogen-bond donors (Lipinski definition) is 2. The van der Waals surface area contributed by atoms with Gasteiger partial charge in [-0.05, 0) is 44.3 Å². The van der Waals surface area contributed by atoms with Crippen LogP contribution in [0.1, 0.15) is 56.6 Å². The Bertz CT molecular complexity index is 590. The lowest BCUT2D eigenvalue weighted by Gasteiger charge is -2.43. The van der Waals surface area contributed by atoms with Crippen LogP contribution in [-0.2, 0) is 9.59 Å². The molecule has 1 atom stereocenters. The maximum absolute atomic E-state index is 13.4. The third-order valence-corrected chi connectivity index (χ3v) is 5.73. The number of benzene rings is 1. The Morgan fingerprint density at radius 3 is 2.24 bits per heavy atom. The highest BCUT2D eigenvalue weighted by molar-refractivity contribution is 5.92. The summed E-state index contributed by atoms with van der Waals surface area (Å²) in [4.78, 5) is 28.2. The van der Waals surface area contributed by atoms with E-state index in [2.05, 4.69) is 15.5 Å². The van der Waals surface area contributed by atoms with E-state index in [1.807, 2.05) is 30.3 Å². The van der Waals surface area contributed by atoms with Gasteiger partial charge in [0.25, 0.3) is 0 Å². The first-order valence-electron chi connectivity index (χ1n) is 9.50. The first-order chi connectivity index (χ1) is 12.2. The minimum atomic E-state index is -0.639. The highest BCUT2D eigenvalue weighted by Crippen LogP contribution is 2.36. The molecule has 5 nitrogen and oxygen atoms in total. The Hall–Kier alpha value is -1.88. The lowest BCUT2D eigenvalue weighted by Crippen LogP contribution is -2.60. The second-order valence-electron chi connectivity index (χ2n) is 7.22. The van der Waals surface area contributed by atoms with Crippen LogP contribution in [0.3, 0.4) is 0 Å². The molecule has 1 aliphatic carbocycles. The van der Waals surface area contributed by atoms with Gasteiger partial charge in [-0.15, -0.1) is 0 Å². The molecule has 0 spiro atoms. The third-order valence-electron chi connectivity index (χ3n) is 5.73. The zero-order valence-corrected chi connectivity index (χ0v) is 15.1. The summed E-state index contributed by atoms with van der Waals surface area (Å²) in [6, 6.07) is 8.86.